The summed E-state index contributed by atoms with van der Waals surface area (Å²) in [6.45, 7) is 1.44. The fourth-order valence-corrected chi connectivity index (χ4v) is 1.63. The lowest BCUT2D eigenvalue weighted by Crippen LogP contribution is -2.07. The summed E-state index contributed by atoms with van der Waals surface area (Å²) >= 11 is 0. The van der Waals surface area contributed by atoms with Gasteiger partial charge in [-0.1, -0.05) is 12.1 Å². The van der Waals surface area contributed by atoms with Gasteiger partial charge in [-0.3, -0.25) is 9.48 Å². The van der Waals surface area contributed by atoms with Crippen LogP contribution < -0.4 is 4.74 Å². The number of halogens is 3. The van der Waals surface area contributed by atoms with Crippen LogP contribution in [0.4, 0.5) is 13.2 Å². The molecule has 0 aliphatic heterocycles. The molecule has 0 aliphatic rings. The van der Waals surface area contributed by atoms with E-state index >= 15 is 0 Å². The molecule has 0 amide bonds. The molecule has 0 saturated heterocycles. The van der Waals surface area contributed by atoms with Crippen LogP contribution in [0.2, 0.25) is 0 Å². The molecule has 0 N–H and O–H groups in total. The van der Waals surface area contributed by atoms with Crippen LogP contribution >= 0.6 is 0 Å². The highest BCUT2D eigenvalue weighted by Crippen LogP contribution is 2.37. The summed E-state index contributed by atoms with van der Waals surface area (Å²) in [6.07, 6.45) is -1.86. The predicted molar refractivity (Wildman–Crippen MR) is 64.4 cm³/mol. The second-order valence-electron chi connectivity index (χ2n) is 4.17. The molecule has 1 aromatic carbocycles. The van der Waals surface area contributed by atoms with Crippen molar-refractivity contribution in [1.82, 2.24) is 9.78 Å². The number of ether oxygens (including phenoxy) is 1. The highest BCUT2D eigenvalue weighted by atomic mass is 19.4. The Balaban J connectivity index is 2.22. The van der Waals surface area contributed by atoms with Gasteiger partial charge in [0.25, 0.3) is 0 Å². The van der Waals surface area contributed by atoms with E-state index in [4.69, 9.17) is 4.74 Å². The van der Waals surface area contributed by atoms with Crippen molar-refractivity contribution in [3.63, 3.8) is 0 Å². The summed E-state index contributed by atoms with van der Waals surface area (Å²) in [6, 6.07) is 4.90. The molecule has 0 bridgehead atoms. The lowest BCUT2D eigenvalue weighted by Gasteiger charge is -2.12. The second kappa shape index (κ2) is 5.36. The molecule has 2 rings (SSSR count). The molecule has 0 saturated carbocycles. The number of rotatable bonds is 4. The van der Waals surface area contributed by atoms with Crippen molar-refractivity contribution < 1.29 is 22.7 Å². The molecule has 20 heavy (non-hydrogen) atoms. The first-order chi connectivity index (χ1) is 9.36. The highest BCUT2D eigenvalue weighted by Gasteiger charge is 2.34. The molecular weight excluding hydrogens is 273 g/mol. The van der Waals surface area contributed by atoms with Crippen molar-refractivity contribution >= 4 is 5.78 Å². The van der Waals surface area contributed by atoms with Crippen molar-refractivity contribution in [1.29, 1.82) is 0 Å². The summed E-state index contributed by atoms with van der Waals surface area (Å²) in [5, 5.41) is 3.83. The Labute approximate surface area is 112 Å². The number of aromatic nitrogens is 2. The number of hydrogen-bond acceptors (Lipinski definition) is 3. The monoisotopic (exact) mass is 284 g/mol. The third-order valence-corrected chi connectivity index (χ3v) is 2.41. The normalized spacial score (nSPS) is 11.4. The Morgan fingerprint density at radius 1 is 1.35 bits per heavy atom. The fraction of sp³-hybridized carbons (Fsp3) is 0.231. The molecule has 106 valence electrons. The van der Waals surface area contributed by atoms with Gasteiger partial charge in [0.15, 0.2) is 11.5 Å². The maximum atomic E-state index is 12.8. The maximum Gasteiger partial charge on any atom is 0.419 e. The Bertz CT molecular complexity index is 620. The van der Waals surface area contributed by atoms with Crippen LogP contribution in [0.15, 0.2) is 36.7 Å². The van der Waals surface area contributed by atoms with Crippen LogP contribution in [0, 0.1) is 0 Å². The van der Waals surface area contributed by atoms with Gasteiger partial charge in [0.2, 0.25) is 0 Å². The zero-order valence-corrected chi connectivity index (χ0v) is 10.5. The van der Waals surface area contributed by atoms with Crippen molar-refractivity contribution in [3.05, 3.63) is 42.2 Å². The second-order valence-corrected chi connectivity index (χ2v) is 4.17. The number of alkyl halides is 3. The van der Waals surface area contributed by atoms with E-state index in [2.05, 4.69) is 5.10 Å². The minimum Gasteiger partial charge on any atom is -0.453 e. The lowest BCUT2D eigenvalue weighted by atomic mass is 10.2. The average Bonchev–Trinajstić information content (AvgIpc) is 2.75. The van der Waals surface area contributed by atoms with Gasteiger partial charge in [-0.25, -0.2) is 0 Å². The zero-order valence-electron chi connectivity index (χ0n) is 10.5. The van der Waals surface area contributed by atoms with Gasteiger partial charge in [-0.15, -0.1) is 0 Å². The van der Waals surface area contributed by atoms with Crippen LogP contribution in [0.3, 0.4) is 0 Å². The molecule has 1 aromatic heterocycles. The summed E-state index contributed by atoms with van der Waals surface area (Å²) in [7, 11) is 0. The van der Waals surface area contributed by atoms with E-state index in [0.29, 0.717) is 0 Å². The molecule has 0 aliphatic carbocycles. The standard InChI is InChI=1S/C13H11F3N2O2/c1-9(19)7-18-8-10(6-17-18)20-12-5-3-2-4-11(12)13(14,15)16/h2-6,8H,7H2,1H3. The van der Waals surface area contributed by atoms with E-state index in [0.717, 1.165) is 6.07 Å². The minimum absolute atomic E-state index is 0.0459. The van der Waals surface area contributed by atoms with Gasteiger partial charge >= 0.3 is 6.18 Å². The molecule has 0 fully saturated rings. The Morgan fingerprint density at radius 3 is 2.70 bits per heavy atom. The largest absolute Gasteiger partial charge is 0.453 e. The molecule has 0 atom stereocenters. The maximum absolute atomic E-state index is 12.8. The molecule has 0 spiro atoms. The number of hydrogen-bond donors (Lipinski definition) is 0. The topological polar surface area (TPSA) is 44.1 Å². The number of nitrogens with zero attached hydrogens (tertiary/aromatic N) is 2. The Hall–Kier alpha value is -2.31. The quantitative estimate of drug-likeness (QED) is 0.865. The third kappa shape index (κ3) is 3.37. The first kappa shape index (κ1) is 14.1. The first-order valence-electron chi connectivity index (χ1n) is 5.72. The fourth-order valence-electron chi connectivity index (χ4n) is 1.63. The molecule has 1 heterocycles. The molecule has 2 aromatic rings. The first-order valence-corrected chi connectivity index (χ1v) is 5.72. The van der Waals surface area contributed by atoms with E-state index in [1.165, 1.54) is 42.2 Å². The van der Waals surface area contributed by atoms with E-state index in [1.54, 1.807) is 0 Å². The number of carbonyl (C=O) groups is 1. The van der Waals surface area contributed by atoms with Crippen molar-refractivity contribution in [2.45, 2.75) is 19.6 Å². The molecule has 0 radical (unpaired) electrons. The van der Waals surface area contributed by atoms with Gasteiger partial charge in [-0.2, -0.15) is 18.3 Å². The van der Waals surface area contributed by atoms with Gasteiger partial charge in [-0.05, 0) is 19.1 Å². The van der Waals surface area contributed by atoms with E-state index in [1.807, 2.05) is 0 Å². The Kier molecular flexibility index (Phi) is 3.78. The SMILES string of the molecule is CC(=O)Cn1cc(Oc2ccccc2C(F)(F)F)cn1. The van der Waals surface area contributed by atoms with E-state index in [-0.39, 0.29) is 23.8 Å². The summed E-state index contributed by atoms with van der Waals surface area (Å²) < 4.78 is 44.8. The molecule has 4 nitrogen and oxygen atoms in total. The zero-order chi connectivity index (χ0) is 14.8. The predicted octanol–water partition coefficient (Wildman–Crippen LogP) is 3.28. The van der Waals surface area contributed by atoms with E-state index < -0.39 is 11.7 Å². The average molecular weight is 284 g/mol. The number of para-hydroxylation sites is 1. The summed E-state index contributed by atoms with van der Waals surface area (Å²) in [4.78, 5) is 10.9. The highest BCUT2D eigenvalue weighted by molar-refractivity contribution is 5.75. The van der Waals surface area contributed by atoms with Crippen molar-refractivity contribution in [2.75, 3.05) is 0 Å². The molecular formula is C13H11F3N2O2. The van der Waals surface area contributed by atoms with Crippen LogP contribution in [-0.4, -0.2) is 15.6 Å². The van der Waals surface area contributed by atoms with Crippen LogP contribution in [0.5, 0.6) is 11.5 Å². The van der Waals surface area contributed by atoms with Crippen molar-refractivity contribution in [3.8, 4) is 11.5 Å². The molecule has 7 heteroatoms. The van der Waals surface area contributed by atoms with Gasteiger partial charge in [0.1, 0.15) is 5.75 Å². The van der Waals surface area contributed by atoms with Crippen molar-refractivity contribution in [2.24, 2.45) is 0 Å². The van der Waals surface area contributed by atoms with E-state index in [9.17, 15) is 18.0 Å². The number of Topliss-reactive ketones (excluding diaryl/α,β-unsaturated/α-hetero) is 1. The summed E-state index contributed by atoms with van der Waals surface area (Å²) in [5.41, 5.74) is -0.862. The van der Waals surface area contributed by atoms with Crippen LogP contribution in [0.1, 0.15) is 12.5 Å². The smallest absolute Gasteiger partial charge is 0.419 e. The minimum atomic E-state index is -4.49. The van der Waals surface area contributed by atoms with Gasteiger partial charge in [0.05, 0.1) is 24.5 Å². The van der Waals surface area contributed by atoms with Crippen LogP contribution in [0.25, 0.3) is 0 Å². The summed E-state index contributed by atoms with van der Waals surface area (Å²) in [5.74, 6) is -0.277. The number of ketones is 1. The third-order valence-electron chi connectivity index (χ3n) is 2.41. The van der Waals surface area contributed by atoms with Gasteiger partial charge in [0, 0.05) is 0 Å². The van der Waals surface area contributed by atoms with Gasteiger partial charge < -0.3 is 4.74 Å². The lowest BCUT2D eigenvalue weighted by molar-refractivity contribution is -0.138. The number of carbonyl (C=O) groups excluding carboxylic acids is 1. The molecule has 0 unspecified atom stereocenters. The Morgan fingerprint density at radius 2 is 2.05 bits per heavy atom. The number of benzene rings is 1. The van der Waals surface area contributed by atoms with Crippen LogP contribution in [-0.2, 0) is 17.5 Å².